The molecule has 6 heteroatoms. The summed E-state index contributed by atoms with van der Waals surface area (Å²) in [4.78, 5) is 0. The molecule has 0 amide bonds. The molecule has 1 atom stereocenters. The Balaban J connectivity index is 1.88. The van der Waals surface area contributed by atoms with Gasteiger partial charge in [-0.3, -0.25) is 0 Å². The fourth-order valence-corrected chi connectivity index (χ4v) is 3.36. The van der Waals surface area contributed by atoms with Crippen LogP contribution in [0.15, 0.2) is 16.8 Å². The van der Waals surface area contributed by atoms with Gasteiger partial charge in [-0.05, 0) is 35.2 Å². The Morgan fingerprint density at radius 2 is 2.33 bits per heavy atom. The average molecular weight is 247 g/mol. The Bertz CT molecular complexity index is 409. The van der Waals surface area contributed by atoms with Crippen molar-refractivity contribution in [2.75, 3.05) is 6.54 Å². The van der Waals surface area contributed by atoms with E-state index in [0.717, 1.165) is 18.4 Å². The van der Waals surface area contributed by atoms with Crippen molar-refractivity contribution in [2.24, 2.45) is 0 Å². The van der Waals surface area contributed by atoms with Crippen LogP contribution in [-0.4, -0.2) is 25.3 Å². The van der Waals surface area contributed by atoms with Gasteiger partial charge in [0.05, 0.1) is 11.4 Å². The molecule has 2 N–H and O–H groups in total. The van der Waals surface area contributed by atoms with E-state index < -0.39 is 16.1 Å². The highest BCUT2D eigenvalue weighted by molar-refractivity contribution is 7.90. The van der Waals surface area contributed by atoms with Crippen molar-refractivity contribution in [3.05, 3.63) is 22.4 Å². The fourth-order valence-electron chi connectivity index (χ4n) is 1.27. The number of rotatable bonds is 5. The van der Waals surface area contributed by atoms with E-state index in [9.17, 15) is 13.5 Å². The lowest BCUT2D eigenvalue weighted by atomic mass is 10.2. The molecule has 0 aliphatic heterocycles. The highest BCUT2D eigenvalue weighted by Crippen LogP contribution is 2.27. The van der Waals surface area contributed by atoms with Crippen LogP contribution < -0.4 is 4.72 Å². The molecule has 0 saturated heterocycles. The van der Waals surface area contributed by atoms with E-state index in [4.69, 9.17) is 0 Å². The third-order valence-corrected chi connectivity index (χ3v) is 4.99. The molecule has 1 heterocycles. The normalized spacial score (nSPS) is 19.0. The minimum absolute atomic E-state index is 0.0650. The predicted octanol–water partition coefficient (Wildman–Crippen LogP) is 0.863. The molecule has 1 fully saturated rings. The summed E-state index contributed by atoms with van der Waals surface area (Å²) in [6.45, 7) is 0.0650. The third-order valence-electron chi connectivity index (χ3n) is 2.37. The van der Waals surface area contributed by atoms with Crippen LogP contribution in [-0.2, 0) is 10.0 Å². The zero-order valence-corrected chi connectivity index (χ0v) is 9.72. The number of sulfonamides is 1. The van der Waals surface area contributed by atoms with Crippen LogP contribution in [0.2, 0.25) is 0 Å². The summed E-state index contributed by atoms with van der Waals surface area (Å²) >= 11 is 1.48. The first-order valence-electron chi connectivity index (χ1n) is 4.78. The average Bonchev–Trinajstić information content (AvgIpc) is 2.92. The van der Waals surface area contributed by atoms with Crippen LogP contribution in [0.3, 0.4) is 0 Å². The summed E-state index contributed by atoms with van der Waals surface area (Å²) in [7, 11) is -3.18. The van der Waals surface area contributed by atoms with Crippen molar-refractivity contribution >= 4 is 21.4 Å². The Morgan fingerprint density at radius 3 is 2.87 bits per heavy atom. The molecule has 1 unspecified atom stereocenters. The molecule has 84 valence electrons. The molecule has 1 aliphatic carbocycles. The molecule has 1 aromatic heterocycles. The van der Waals surface area contributed by atoms with Gasteiger partial charge in [-0.15, -0.1) is 0 Å². The lowest BCUT2D eigenvalue weighted by molar-refractivity contribution is 0.182. The van der Waals surface area contributed by atoms with E-state index in [2.05, 4.69) is 4.72 Å². The number of hydrogen-bond acceptors (Lipinski definition) is 4. The summed E-state index contributed by atoms with van der Waals surface area (Å²) in [5, 5.41) is 13.1. The lowest BCUT2D eigenvalue weighted by Crippen LogP contribution is -2.31. The smallest absolute Gasteiger partial charge is 0.214 e. The van der Waals surface area contributed by atoms with Gasteiger partial charge in [0.1, 0.15) is 0 Å². The van der Waals surface area contributed by atoms with Crippen LogP contribution in [0, 0.1) is 0 Å². The monoisotopic (exact) mass is 247 g/mol. The molecule has 0 radical (unpaired) electrons. The van der Waals surface area contributed by atoms with Crippen LogP contribution in [0.25, 0.3) is 0 Å². The van der Waals surface area contributed by atoms with Crippen LogP contribution >= 0.6 is 11.3 Å². The lowest BCUT2D eigenvalue weighted by Gasteiger charge is -2.10. The van der Waals surface area contributed by atoms with Crippen LogP contribution in [0.1, 0.15) is 24.5 Å². The molecule has 2 rings (SSSR count). The first kappa shape index (κ1) is 11.1. The molecule has 0 bridgehead atoms. The van der Waals surface area contributed by atoms with Gasteiger partial charge in [0.15, 0.2) is 0 Å². The van der Waals surface area contributed by atoms with E-state index >= 15 is 0 Å². The minimum atomic E-state index is -3.18. The van der Waals surface area contributed by atoms with Gasteiger partial charge in [0.2, 0.25) is 10.0 Å². The predicted molar refractivity (Wildman–Crippen MR) is 59.2 cm³/mol. The first-order valence-corrected chi connectivity index (χ1v) is 7.27. The molecule has 4 nitrogen and oxygen atoms in total. The highest BCUT2D eigenvalue weighted by atomic mass is 32.2. The zero-order chi connectivity index (χ0) is 10.9. The van der Waals surface area contributed by atoms with Gasteiger partial charge in [-0.2, -0.15) is 11.3 Å². The third kappa shape index (κ3) is 2.78. The van der Waals surface area contributed by atoms with E-state index in [1.807, 2.05) is 10.8 Å². The summed E-state index contributed by atoms with van der Waals surface area (Å²) in [5.41, 5.74) is 0.762. The van der Waals surface area contributed by atoms with E-state index in [0.29, 0.717) is 0 Å². The van der Waals surface area contributed by atoms with E-state index in [-0.39, 0.29) is 11.8 Å². The molecule has 0 aromatic carbocycles. The van der Waals surface area contributed by atoms with Crippen LogP contribution in [0.4, 0.5) is 0 Å². The van der Waals surface area contributed by atoms with Crippen molar-refractivity contribution in [3.8, 4) is 0 Å². The van der Waals surface area contributed by atoms with Crippen molar-refractivity contribution in [1.82, 2.24) is 4.72 Å². The zero-order valence-electron chi connectivity index (χ0n) is 8.09. The summed E-state index contributed by atoms with van der Waals surface area (Å²) in [6, 6.07) is 1.79. The maximum atomic E-state index is 11.4. The number of aliphatic hydroxyl groups is 1. The van der Waals surface area contributed by atoms with Crippen molar-refractivity contribution in [1.29, 1.82) is 0 Å². The minimum Gasteiger partial charge on any atom is -0.387 e. The molecule has 1 aliphatic rings. The number of hydrogen-bond donors (Lipinski definition) is 2. The van der Waals surface area contributed by atoms with Gasteiger partial charge in [0, 0.05) is 6.54 Å². The molecule has 15 heavy (non-hydrogen) atoms. The number of aliphatic hydroxyl groups excluding tert-OH is 1. The maximum absolute atomic E-state index is 11.4. The van der Waals surface area contributed by atoms with Gasteiger partial charge >= 0.3 is 0 Å². The summed E-state index contributed by atoms with van der Waals surface area (Å²) < 4.78 is 25.3. The van der Waals surface area contributed by atoms with Crippen molar-refractivity contribution in [3.63, 3.8) is 0 Å². The van der Waals surface area contributed by atoms with Gasteiger partial charge in [-0.25, -0.2) is 13.1 Å². The quantitative estimate of drug-likeness (QED) is 0.811. The topological polar surface area (TPSA) is 66.4 Å². The van der Waals surface area contributed by atoms with Gasteiger partial charge in [0.25, 0.3) is 0 Å². The molecular weight excluding hydrogens is 234 g/mol. The van der Waals surface area contributed by atoms with Gasteiger partial charge in [-0.1, -0.05) is 0 Å². The molecule has 1 aromatic rings. The standard InChI is InChI=1S/C9H13NO3S2/c11-9(7-3-4-14-6-7)5-10-15(12,13)8-1-2-8/h3-4,6,8-11H,1-2,5H2. The second-order valence-electron chi connectivity index (χ2n) is 3.67. The molecular formula is C9H13NO3S2. The number of thiophene rings is 1. The Labute approximate surface area is 93.0 Å². The van der Waals surface area contributed by atoms with Crippen molar-refractivity contribution < 1.29 is 13.5 Å². The Morgan fingerprint density at radius 1 is 1.60 bits per heavy atom. The summed E-state index contributed by atoms with van der Waals surface area (Å²) in [5.74, 6) is 0. The maximum Gasteiger partial charge on any atom is 0.214 e. The van der Waals surface area contributed by atoms with E-state index in [1.54, 1.807) is 6.07 Å². The van der Waals surface area contributed by atoms with Gasteiger partial charge < -0.3 is 5.11 Å². The van der Waals surface area contributed by atoms with E-state index in [1.165, 1.54) is 11.3 Å². The Hall–Kier alpha value is -0.430. The second-order valence-corrected chi connectivity index (χ2v) is 6.49. The Kier molecular flexibility index (Phi) is 3.11. The summed E-state index contributed by atoms with van der Waals surface area (Å²) in [6.07, 6.45) is 0.734. The second kappa shape index (κ2) is 4.21. The molecule has 1 saturated carbocycles. The first-order chi connectivity index (χ1) is 7.09. The largest absolute Gasteiger partial charge is 0.387 e. The number of nitrogens with one attached hydrogen (secondary N) is 1. The SMILES string of the molecule is O=S(=O)(NCC(O)c1ccsc1)C1CC1. The van der Waals surface area contributed by atoms with Crippen molar-refractivity contribution in [2.45, 2.75) is 24.2 Å². The fraction of sp³-hybridized carbons (Fsp3) is 0.556. The molecule has 0 spiro atoms. The van der Waals surface area contributed by atoms with Crippen LogP contribution in [0.5, 0.6) is 0 Å². The highest BCUT2D eigenvalue weighted by Gasteiger charge is 2.35.